The van der Waals surface area contributed by atoms with Crippen LogP contribution in [0.3, 0.4) is 0 Å². The zero-order chi connectivity index (χ0) is 12.6. The highest BCUT2D eigenvalue weighted by molar-refractivity contribution is 9.11. The summed E-state index contributed by atoms with van der Waals surface area (Å²) < 4.78 is 28.6. The van der Waals surface area contributed by atoms with Crippen molar-refractivity contribution < 1.29 is 8.78 Å². The van der Waals surface area contributed by atoms with Crippen molar-refractivity contribution in [1.82, 2.24) is 0 Å². The first-order chi connectivity index (χ1) is 7.99. The summed E-state index contributed by atoms with van der Waals surface area (Å²) in [6, 6.07) is 5.95. The molecule has 2 rings (SSSR count). The van der Waals surface area contributed by atoms with Gasteiger partial charge in [0.25, 0.3) is 0 Å². The van der Waals surface area contributed by atoms with E-state index < -0.39 is 17.0 Å². The third kappa shape index (κ3) is 2.89. The first kappa shape index (κ1) is 13.5. The Morgan fingerprint density at radius 3 is 2.18 bits per heavy atom. The van der Waals surface area contributed by atoms with Crippen LogP contribution in [-0.4, -0.2) is 0 Å². The van der Waals surface area contributed by atoms with E-state index in [2.05, 4.69) is 31.9 Å². The number of hydrogen-bond donors (Lipinski definition) is 0. The van der Waals surface area contributed by atoms with Crippen molar-refractivity contribution in [3.8, 4) is 0 Å². The summed E-state index contributed by atoms with van der Waals surface area (Å²) in [5.74, 6) is -1.30. The molecule has 0 nitrogen and oxygen atoms in total. The number of rotatable bonds is 2. The summed E-state index contributed by atoms with van der Waals surface area (Å²) >= 11 is 13.8. The molecule has 1 unspecified atom stereocenters. The lowest BCUT2D eigenvalue weighted by molar-refractivity contribution is 0.558. The first-order valence-corrected chi connectivity index (χ1v) is 7.36. The number of benzene rings is 1. The van der Waals surface area contributed by atoms with Crippen LogP contribution in [0.25, 0.3) is 0 Å². The van der Waals surface area contributed by atoms with Crippen LogP contribution >= 0.6 is 54.8 Å². The van der Waals surface area contributed by atoms with Crippen LogP contribution < -0.4 is 0 Å². The summed E-state index contributed by atoms with van der Waals surface area (Å²) in [7, 11) is 0. The maximum Gasteiger partial charge on any atom is 0.132 e. The van der Waals surface area contributed by atoms with Crippen molar-refractivity contribution >= 4 is 54.8 Å². The Labute approximate surface area is 123 Å². The van der Waals surface area contributed by atoms with E-state index in [1.807, 2.05) is 0 Å². The van der Waals surface area contributed by atoms with Gasteiger partial charge in [-0.2, -0.15) is 0 Å². The minimum atomic E-state index is -0.820. The summed E-state index contributed by atoms with van der Waals surface area (Å²) in [6.45, 7) is 0. The Bertz CT molecular complexity index is 533. The third-order valence-corrected chi connectivity index (χ3v) is 4.87. The van der Waals surface area contributed by atoms with Crippen LogP contribution in [0.2, 0.25) is 0 Å². The van der Waals surface area contributed by atoms with Crippen molar-refractivity contribution in [1.29, 1.82) is 0 Å². The largest absolute Gasteiger partial charge is 0.206 e. The van der Waals surface area contributed by atoms with Gasteiger partial charge in [0.2, 0.25) is 0 Å². The fourth-order valence-electron chi connectivity index (χ4n) is 1.40. The van der Waals surface area contributed by atoms with E-state index in [1.54, 1.807) is 12.1 Å². The molecule has 1 heterocycles. The van der Waals surface area contributed by atoms with Crippen LogP contribution in [-0.2, 0) is 0 Å². The Hall–Kier alpha value is 0.0300. The molecule has 0 aliphatic heterocycles. The van der Waals surface area contributed by atoms with Gasteiger partial charge in [-0.15, -0.1) is 22.9 Å². The van der Waals surface area contributed by atoms with Gasteiger partial charge in [0.1, 0.15) is 11.6 Å². The lowest BCUT2D eigenvalue weighted by Crippen LogP contribution is -1.99. The van der Waals surface area contributed by atoms with E-state index in [0.29, 0.717) is 9.35 Å². The molecule has 0 saturated heterocycles. The average Bonchev–Trinajstić information content (AvgIpc) is 2.63. The van der Waals surface area contributed by atoms with Crippen LogP contribution in [0.1, 0.15) is 15.8 Å². The van der Waals surface area contributed by atoms with E-state index in [4.69, 9.17) is 11.6 Å². The second kappa shape index (κ2) is 5.34. The lowest BCUT2D eigenvalue weighted by atomic mass is 10.1. The highest BCUT2D eigenvalue weighted by Gasteiger charge is 2.21. The molecule has 1 aromatic heterocycles. The van der Waals surface area contributed by atoms with Gasteiger partial charge in [-0.1, -0.05) is 15.9 Å². The zero-order valence-corrected chi connectivity index (χ0v) is 12.9. The summed E-state index contributed by atoms with van der Waals surface area (Å²) in [5, 5.41) is -0.820. The number of thiophene rings is 1. The molecule has 1 aromatic carbocycles. The van der Waals surface area contributed by atoms with Gasteiger partial charge in [-0.05, 0) is 40.2 Å². The van der Waals surface area contributed by atoms with Gasteiger partial charge < -0.3 is 0 Å². The normalized spacial score (nSPS) is 12.8. The second-order valence-electron chi connectivity index (χ2n) is 3.29. The van der Waals surface area contributed by atoms with E-state index >= 15 is 0 Å². The summed E-state index contributed by atoms with van der Waals surface area (Å²) in [4.78, 5) is 0.693. The van der Waals surface area contributed by atoms with Crippen LogP contribution in [0, 0.1) is 11.6 Å². The molecule has 0 saturated carbocycles. The zero-order valence-electron chi connectivity index (χ0n) is 8.18. The Morgan fingerprint density at radius 2 is 1.71 bits per heavy atom. The van der Waals surface area contributed by atoms with E-state index in [9.17, 15) is 8.78 Å². The third-order valence-electron chi connectivity index (χ3n) is 2.14. The molecule has 0 spiro atoms. The molecule has 0 amide bonds. The average molecular weight is 402 g/mol. The van der Waals surface area contributed by atoms with Gasteiger partial charge in [0.15, 0.2) is 0 Å². The SMILES string of the molecule is Fc1cc(Br)cc(F)c1C(Cl)c1ccc(Br)s1. The molecule has 0 bridgehead atoms. The van der Waals surface area contributed by atoms with Crippen molar-refractivity contribution in [3.63, 3.8) is 0 Å². The Morgan fingerprint density at radius 1 is 1.12 bits per heavy atom. The van der Waals surface area contributed by atoms with Gasteiger partial charge in [-0.3, -0.25) is 0 Å². The molecule has 1 atom stereocenters. The predicted octanol–water partition coefficient (Wildman–Crippen LogP) is 5.88. The highest BCUT2D eigenvalue weighted by Crippen LogP contribution is 2.38. The fourth-order valence-corrected chi connectivity index (χ4v) is 3.63. The smallest absolute Gasteiger partial charge is 0.132 e. The minimum absolute atomic E-state index is 0.121. The number of halogens is 5. The van der Waals surface area contributed by atoms with E-state index in [1.165, 1.54) is 23.5 Å². The Balaban J connectivity index is 2.47. The number of alkyl halides is 1. The van der Waals surface area contributed by atoms with Crippen molar-refractivity contribution in [2.45, 2.75) is 5.38 Å². The standard InChI is InChI=1S/C11H5Br2ClF2S/c12-5-3-6(15)10(7(16)4-5)11(14)8-1-2-9(13)17-8/h1-4,11H. The van der Waals surface area contributed by atoms with Crippen LogP contribution in [0.5, 0.6) is 0 Å². The van der Waals surface area contributed by atoms with Crippen molar-refractivity contribution in [2.75, 3.05) is 0 Å². The summed E-state index contributed by atoms with van der Waals surface area (Å²) in [6.07, 6.45) is 0. The molecule has 0 fully saturated rings. The summed E-state index contributed by atoms with van der Waals surface area (Å²) in [5.41, 5.74) is -0.121. The van der Waals surface area contributed by atoms with Crippen molar-refractivity contribution in [2.24, 2.45) is 0 Å². The molecule has 0 aliphatic carbocycles. The molecular formula is C11H5Br2ClF2S. The molecule has 0 N–H and O–H groups in total. The molecule has 90 valence electrons. The number of hydrogen-bond acceptors (Lipinski definition) is 1. The molecule has 0 aliphatic rings. The first-order valence-electron chi connectivity index (χ1n) is 4.53. The minimum Gasteiger partial charge on any atom is -0.206 e. The second-order valence-corrected chi connectivity index (χ2v) is 7.13. The molecule has 6 heteroatoms. The quantitative estimate of drug-likeness (QED) is 0.551. The van der Waals surface area contributed by atoms with Gasteiger partial charge in [0.05, 0.1) is 9.16 Å². The van der Waals surface area contributed by atoms with E-state index in [-0.39, 0.29) is 5.56 Å². The van der Waals surface area contributed by atoms with E-state index in [0.717, 1.165) is 3.79 Å². The lowest BCUT2D eigenvalue weighted by Gasteiger charge is -2.10. The predicted molar refractivity (Wildman–Crippen MR) is 73.8 cm³/mol. The Kier molecular flexibility index (Phi) is 4.23. The van der Waals surface area contributed by atoms with Crippen LogP contribution in [0.4, 0.5) is 8.78 Å². The fraction of sp³-hybridized carbons (Fsp3) is 0.0909. The van der Waals surface area contributed by atoms with Gasteiger partial charge in [0, 0.05) is 14.9 Å². The molecular weight excluding hydrogens is 397 g/mol. The molecule has 0 radical (unpaired) electrons. The maximum absolute atomic E-state index is 13.7. The van der Waals surface area contributed by atoms with Crippen molar-refractivity contribution in [3.05, 3.63) is 54.6 Å². The molecule has 2 aromatic rings. The maximum atomic E-state index is 13.7. The molecule has 17 heavy (non-hydrogen) atoms. The van der Waals surface area contributed by atoms with Crippen LogP contribution in [0.15, 0.2) is 32.5 Å². The topological polar surface area (TPSA) is 0 Å². The highest BCUT2D eigenvalue weighted by atomic mass is 79.9. The van der Waals surface area contributed by atoms with Gasteiger partial charge in [-0.25, -0.2) is 8.78 Å². The van der Waals surface area contributed by atoms with Gasteiger partial charge >= 0.3 is 0 Å². The monoisotopic (exact) mass is 400 g/mol.